The molecule has 94 valence electrons. The van der Waals surface area contributed by atoms with Crippen molar-refractivity contribution in [1.82, 2.24) is 0 Å². The molecule has 0 saturated heterocycles. The predicted molar refractivity (Wildman–Crippen MR) is 67.3 cm³/mol. The lowest BCUT2D eigenvalue weighted by Gasteiger charge is -1.98. The maximum atomic E-state index is 8.74. The maximum absolute atomic E-state index is 8.74. The molecule has 2 aromatic carbocycles. The van der Waals surface area contributed by atoms with E-state index < -0.39 is 10.4 Å². The van der Waals surface area contributed by atoms with Gasteiger partial charge in [-0.3, -0.25) is 9.11 Å². The summed E-state index contributed by atoms with van der Waals surface area (Å²) < 4.78 is 31.6. The zero-order valence-electron chi connectivity index (χ0n) is 9.11. The van der Waals surface area contributed by atoms with Gasteiger partial charge in [-0.1, -0.05) is 12.1 Å². The standard InChI is InChI=1S/C11H8N2.H2O4S/c12-7-8-1-2-10-6-11(13)4-3-9(10)5-8;1-5(2,3)4/h1-6H,13H2;(H2,1,2,3,4). The van der Waals surface area contributed by atoms with Gasteiger partial charge in [0.25, 0.3) is 0 Å². The first-order valence-electron chi connectivity index (χ1n) is 4.69. The van der Waals surface area contributed by atoms with Crippen molar-refractivity contribution in [3.63, 3.8) is 0 Å². The Balaban J connectivity index is 0.000000280. The molecule has 0 aromatic heterocycles. The van der Waals surface area contributed by atoms with Gasteiger partial charge in [-0.25, -0.2) is 0 Å². The number of fused-ring (bicyclic) bond motifs is 1. The van der Waals surface area contributed by atoms with Crippen molar-refractivity contribution in [2.45, 2.75) is 0 Å². The Kier molecular flexibility index (Phi) is 4.23. The van der Waals surface area contributed by atoms with Gasteiger partial charge in [0.15, 0.2) is 0 Å². The van der Waals surface area contributed by atoms with Crippen LogP contribution < -0.4 is 5.73 Å². The average molecular weight is 266 g/mol. The Bertz CT molecular complexity index is 697. The van der Waals surface area contributed by atoms with Crippen molar-refractivity contribution in [1.29, 1.82) is 5.26 Å². The quantitative estimate of drug-likeness (QED) is 0.491. The van der Waals surface area contributed by atoms with Crippen molar-refractivity contribution in [3.05, 3.63) is 42.0 Å². The highest BCUT2D eigenvalue weighted by Gasteiger charge is 1.95. The number of anilines is 1. The molecule has 2 rings (SSSR count). The van der Waals surface area contributed by atoms with Crippen LogP contribution in [0, 0.1) is 11.3 Å². The minimum Gasteiger partial charge on any atom is -0.399 e. The van der Waals surface area contributed by atoms with Gasteiger partial charge in [-0.2, -0.15) is 13.7 Å². The Morgan fingerprint density at radius 2 is 1.56 bits per heavy atom. The lowest BCUT2D eigenvalue weighted by molar-refractivity contribution is 0.381. The topological polar surface area (TPSA) is 124 Å². The number of nitriles is 1. The van der Waals surface area contributed by atoms with Crippen molar-refractivity contribution in [3.8, 4) is 6.07 Å². The van der Waals surface area contributed by atoms with Gasteiger partial charge < -0.3 is 5.73 Å². The zero-order valence-corrected chi connectivity index (χ0v) is 9.92. The highest BCUT2D eigenvalue weighted by atomic mass is 32.3. The van der Waals surface area contributed by atoms with Gasteiger partial charge >= 0.3 is 10.4 Å². The molecule has 0 atom stereocenters. The van der Waals surface area contributed by atoms with Crippen molar-refractivity contribution < 1.29 is 17.5 Å². The van der Waals surface area contributed by atoms with E-state index in [1.54, 1.807) is 6.07 Å². The van der Waals surface area contributed by atoms with E-state index in [1.165, 1.54) is 0 Å². The van der Waals surface area contributed by atoms with Crippen molar-refractivity contribution >= 4 is 26.9 Å². The summed E-state index contributed by atoms with van der Waals surface area (Å²) >= 11 is 0. The molecule has 6 nitrogen and oxygen atoms in total. The largest absolute Gasteiger partial charge is 0.399 e. The van der Waals surface area contributed by atoms with Crippen molar-refractivity contribution in [2.75, 3.05) is 5.73 Å². The van der Waals surface area contributed by atoms with Crippen LogP contribution in [0.25, 0.3) is 10.8 Å². The molecule has 0 aliphatic heterocycles. The van der Waals surface area contributed by atoms with Crippen LogP contribution in [-0.2, 0) is 10.4 Å². The summed E-state index contributed by atoms with van der Waals surface area (Å²) in [5.41, 5.74) is 7.05. The fourth-order valence-electron chi connectivity index (χ4n) is 1.33. The number of hydrogen-bond donors (Lipinski definition) is 3. The minimum atomic E-state index is -4.67. The monoisotopic (exact) mass is 266 g/mol. The molecule has 18 heavy (non-hydrogen) atoms. The molecular weight excluding hydrogens is 256 g/mol. The second-order valence-electron chi connectivity index (χ2n) is 3.38. The molecule has 4 N–H and O–H groups in total. The third kappa shape index (κ3) is 4.80. The van der Waals surface area contributed by atoms with Gasteiger partial charge in [0.05, 0.1) is 11.6 Å². The first-order valence-corrected chi connectivity index (χ1v) is 6.08. The smallest absolute Gasteiger partial charge is 0.394 e. The van der Waals surface area contributed by atoms with Crippen LogP contribution in [-0.4, -0.2) is 17.5 Å². The first-order chi connectivity index (χ1) is 8.29. The fraction of sp³-hybridized carbons (Fsp3) is 0. The van der Waals surface area contributed by atoms with E-state index in [-0.39, 0.29) is 0 Å². The summed E-state index contributed by atoms with van der Waals surface area (Å²) in [4.78, 5) is 0. The summed E-state index contributed by atoms with van der Waals surface area (Å²) in [6.45, 7) is 0. The zero-order chi connectivity index (χ0) is 13.8. The molecule has 0 heterocycles. The second kappa shape index (κ2) is 5.46. The van der Waals surface area contributed by atoms with E-state index in [1.807, 2.05) is 30.3 Å². The molecule has 0 unspecified atom stereocenters. The molecule has 0 fully saturated rings. The first kappa shape index (κ1) is 13.9. The molecular formula is C11H10N2O4S. The second-order valence-corrected chi connectivity index (χ2v) is 4.28. The van der Waals surface area contributed by atoms with Crippen LogP contribution >= 0.6 is 0 Å². The van der Waals surface area contributed by atoms with E-state index in [9.17, 15) is 0 Å². The Hall–Kier alpha value is -2.14. The van der Waals surface area contributed by atoms with Crippen LogP contribution in [0.2, 0.25) is 0 Å². The number of rotatable bonds is 0. The Morgan fingerprint density at radius 3 is 2.11 bits per heavy atom. The molecule has 0 amide bonds. The van der Waals surface area contributed by atoms with Gasteiger partial charge in [-0.15, -0.1) is 0 Å². The molecule has 7 heteroatoms. The molecule has 0 saturated carbocycles. The third-order valence-corrected chi connectivity index (χ3v) is 1.99. The lowest BCUT2D eigenvalue weighted by atomic mass is 10.1. The van der Waals surface area contributed by atoms with E-state index in [4.69, 9.17) is 28.5 Å². The number of benzene rings is 2. The van der Waals surface area contributed by atoms with E-state index in [0.29, 0.717) is 5.56 Å². The molecule has 0 radical (unpaired) electrons. The Labute approximate surface area is 104 Å². The van der Waals surface area contributed by atoms with Crippen molar-refractivity contribution in [2.24, 2.45) is 0 Å². The maximum Gasteiger partial charge on any atom is 0.394 e. The normalized spacial score (nSPS) is 10.3. The fourth-order valence-corrected chi connectivity index (χ4v) is 1.33. The summed E-state index contributed by atoms with van der Waals surface area (Å²) in [6, 6.07) is 13.3. The summed E-state index contributed by atoms with van der Waals surface area (Å²) in [5.74, 6) is 0. The summed E-state index contributed by atoms with van der Waals surface area (Å²) in [5, 5.41) is 10.8. The van der Waals surface area contributed by atoms with Crippen LogP contribution in [0.15, 0.2) is 36.4 Å². The summed E-state index contributed by atoms with van der Waals surface area (Å²) in [6.07, 6.45) is 0. The van der Waals surface area contributed by atoms with Crippen LogP contribution in [0.5, 0.6) is 0 Å². The highest BCUT2D eigenvalue weighted by molar-refractivity contribution is 7.79. The van der Waals surface area contributed by atoms with E-state index >= 15 is 0 Å². The van der Waals surface area contributed by atoms with Crippen LogP contribution in [0.4, 0.5) is 5.69 Å². The highest BCUT2D eigenvalue weighted by Crippen LogP contribution is 2.18. The van der Waals surface area contributed by atoms with Crippen LogP contribution in [0.1, 0.15) is 5.56 Å². The molecule has 0 aliphatic carbocycles. The van der Waals surface area contributed by atoms with E-state index in [2.05, 4.69) is 6.07 Å². The predicted octanol–water partition coefficient (Wildman–Crippen LogP) is 1.64. The van der Waals surface area contributed by atoms with Gasteiger partial charge in [0.1, 0.15) is 0 Å². The number of hydrogen-bond acceptors (Lipinski definition) is 4. The minimum absolute atomic E-state index is 0.678. The SMILES string of the molecule is N#Cc1ccc2cc(N)ccc2c1.O=S(=O)(O)O. The summed E-state index contributed by atoms with van der Waals surface area (Å²) in [7, 11) is -4.67. The Morgan fingerprint density at radius 1 is 1.06 bits per heavy atom. The van der Waals surface area contributed by atoms with E-state index in [0.717, 1.165) is 16.5 Å². The lowest BCUT2D eigenvalue weighted by Crippen LogP contribution is -1.89. The molecule has 0 spiro atoms. The van der Waals surface area contributed by atoms with Gasteiger partial charge in [0.2, 0.25) is 0 Å². The van der Waals surface area contributed by atoms with Gasteiger partial charge in [0, 0.05) is 5.69 Å². The average Bonchev–Trinajstić information content (AvgIpc) is 2.26. The van der Waals surface area contributed by atoms with Gasteiger partial charge in [-0.05, 0) is 35.0 Å². The number of nitrogen functional groups attached to an aromatic ring is 1. The third-order valence-electron chi connectivity index (χ3n) is 1.99. The molecule has 2 aromatic rings. The molecule has 0 aliphatic rings. The number of nitrogens with zero attached hydrogens (tertiary/aromatic N) is 1. The van der Waals surface area contributed by atoms with Crippen LogP contribution in [0.3, 0.4) is 0 Å². The molecule has 0 bridgehead atoms. The number of nitrogens with two attached hydrogens (primary N) is 1.